The molecule has 1 aliphatic rings. The van der Waals surface area contributed by atoms with Crippen molar-refractivity contribution in [3.05, 3.63) is 22.2 Å². The predicted octanol–water partition coefficient (Wildman–Crippen LogP) is 1.84. The van der Waals surface area contributed by atoms with E-state index < -0.39 is 21.8 Å². The van der Waals surface area contributed by atoms with Gasteiger partial charge in [0.1, 0.15) is 4.90 Å². The molecule has 106 valence electrons. The fraction of sp³-hybridized carbons (Fsp3) is 0.455. The molecule has 1 atom stereocenters. The maximum atomic E-state index is 12.5. The van der Waals surface area contributed by atoms with Crippen molar-refractivity contribution in [2.45, 2.75) is 23.8 Å². The number of aliphatic hydroxyl groups is 1. The van der Waals surface area contributed by atoms with Crippen LogP contribution in [0.1, 0.15) is 12.8 Å². The Morgan fingerprint density at radius 1 is 1.37 bits per heavy atom. The average Bonchev–Trinajstić information content (AvgIpc) is 2.82. The van der Waals surface area contributed by atoms with E-state index in [1.54, 1.807) is 0 Å². The molecule has 2 N–H and O–H groups in total. The lowest BCUT2D eigenvalue weighted by Gasteiger charge is -2.23. The molecule has 0 aromatic heterocycles. The highest BCUT2D eigenvalue weighted by Crippen LogP contribution is 2.37. The van der Waals surface area contributed by atoms with Gasteiger partial charge in [-0.1, -0.05) is 23.2 Å². The van der Waals surface area contributed by atoms with Crippen LogP contribution in [0.5, 0.6) is 5.75 Å². The summed E-state index contributed by atoms with van der Waals surface area (Å²) in [5, 5.41) is 19.0. The number of aromatic hydroxyl groups is 1. The van der Waals surface area contributed by atoms with Crippen molar-refractivity contribution in [3.8, 4) is 5.75 Å². The third kappa shape index (κ3) is 2.68. The lowest BCUT2D eigenvalue weighted by Crippen LogP contribution is -2.37. The molecule has 0 aliphatic carbocycles. The molecule has 1 heterocycles. The Balaban J connectivity index is 2.51. The highest BCUT2D eigenvalue weighted by Gasteiger charge is 2.36. The van der Waals surface area contributed by atoms with Crippen LogP contribution >= 0.6 is 23.2 Å². The topological polar surface area (TPSA) is 77.8 Å². The van der Waals surface area contributed by atoms with E-state index in [1.807, 2.05) is 0 Å². The van der Waals surface area contributed by atoms with E-state index in [0.29, 0.717) is 19.4 Å². The summed E-state index contributed by atoms with van der Waals surface area (Å²) in [6.07, 6.45) is 1.25. The number of hydrogen-bond acceptors (Lipinski definition) is 4. The molecule has 1 aromatic rings. The maximum Gasteiger partial charge on any atom is 0.247 e. The number of nitrogens with zero attached hydrogens (tertiary/aromatic N) is 1. The molecular weight excluding hydrogens is 313 g/mol. The Kier molecular flexibility index (Phi) is 4.27. The summed E-state index contributed by atoms with van der Waals surface area (Å²) in [7, 11) is -3.92. The van der Waals surface area contributed by atoms with Crippen LogP contribution in [0.3, 0.4) is 0 Å². The van der Waals surface area contributed by atoms with Crippen molar-refractivity contribution in [2.24, 2.45) is 0 Å². The van der Waals surface area contributed by atoms with Crippen molar-refractivity contribution in [1.82, 2.24) is 4.31 Å². The van der Waals surface area contributed by atoms with Gasteiger partial charge in [0, 0.05) is 17.6 Å². The first-order chi connectivity index (χ1) is 8.87. The van der Waals surface area contributed by atoms with Gasteiger partial charge in [0.2, 0.25) is 10.0 Å². The summed E-state index contributed by atoms with van der Waals surface area (Å²) in [4.78, 5) is -0.328. The van der Waals surface area contributed by atoms with Crippen LogP contribution in [0.15, 0.2) is 17.0 Å². The Bertz CT molecular complexity index is 591. The van der Waals surface area contributed by atoms with Gasteiger partial charge in [-0.2, -0.15) is 4.31 Å². The fourth-order valence-electron chi connectivity index (χ4n) is 2.17. The zero-order valence-electron chi connectivity index (χ0n) is 9.88. The van der Waals surface area contributed by atoms with E-state index in [2.05, 4.69) is 0 Å². The van der Waals surface area contributed by atoms with Crippen molar-refractivity contribution < 1.29 is 18.6 Å². The van der Waals surface area contributed by atoms with E-state index in [-0.39, 0.29) is 21.5 Å². The summed E-state index contributed by atoms with van der Waals surface area (Å²) >= 11 is 11.5. The van der Waals surface area contributed by atoms with Crippen LogP contribution < -0.4 is 0 Å². The molecule has 0 unspecified atom stereocenters. The molecule has 1 fully saturated rings. The van der Waals surface area contributed by atoms with Crippen LogP contribution in [0.2, 0.25) is 10.0 Å². The minimum absolute atomic E-state index is 0.120. The summed E-state index contributed by atoms with van der Waals surface area (Å²) in [6, 6.07) is 1.96. The monoisotopic (exact) mass is 325 g/mol. The third-order valence-electron chi connectivity index (χ3n) is 3.11. The van der Waals surface area contributed by atoms with Gasteiger partial charge in [0.05, 0.1) is 11.6 Å². The first-order valence-electron chi connectivity index (χ1n) is 5.68. The molecule has 19 heavy (non-hydrogen) atoms. The van der Waals surface area contributed by atoms with Gasteiger partial charge in [-0.3, -0.25) is 0 Å². The summed E-state index contributed by atoms with van der Waals surface area (Å²) in [5.74, 6) is -0.519. The smallest absolute Gasteiger partial charge is 0.247 e. The van der Waals surface area contributed by atoms with Gasteiger partial charge in [0.25, 0.3) is 0 Å². The zero-order chi connectivity index (χ0) is 14.2. The molecule has 1 saturated heterocycles. The molecule has 0 saturated carbocycles. The van der Waals surface area contributed by atoms with Crippen LogP contribution in [0.4, 0.5) is 0 Å². The van der Waals surface area contributed by atoms with Gasteiger partial charge < -0.3 is 10.2 Å². The first-order valence-corrected chi connectivity index (χ1v) is 7.88. The van der Waals surface area contributed by atoms with E-state index >= 15 is 0 Å². The quantitative estimate of drug-likeness (QED) is 0.888. The maximum absolute atomic E-state index is 12.5. The normalized spacial score (nSPS) is 20.9. The number of benzene rings is 1. The number of halogens is 2. The molecule has 8 heteroatoms. The lowest BCUT2D eigenvalue weighted by atomic mass is 10.2. The number of phenolic OH excluding ortho intramolecular Hbond substituents is 1. The highest BCUT2D eigenvalue weighted by atomic mass is 35.5. The van der Waals surface area contributed by atoms with Crippen LogP contribution in [0, 0.1) is 0 Å². The standard InChI is InChI=1S/C11H13Cl2NO4S/c12-7-4-9(13)11(16)10(5-7)19(17,18)14-3-1-2-8(14)6-15/h4-5,8,15-16H,1-3,6H2/t8-/m0/s1. The third-order valence-corrected chi connectivity index (χ3v) is 5.59. The van der Waals surface area contributed by atoms with E-state index in [1.165, 1.54) is 10.4 Å². The highest BCUT2D eigenvalue weighted by molar-refractivity contribution is 7.89. The number of rotatable bonds is 3. The van der Waals surface area contributed by atoms with Crippen LogP contribution in [0.25, 0.3) is 0 Å². The zero-order valence-corrected chi connectivity index (χ0v) is 12.2. The molecule has 2 rings (SSSR count). The minimum Gasteiger partial charge on any atom is -0.505 e. The summed E-state index contributed by atoms with van der Waals surface area (Å²) in [6.45, 7) is 0.0470. The fourth-order valence-corrected chi connectivity index (χ4v) is 4.60. The van der Waals surface area contributed by atoms with Gasteiger partial charge in [-0.25, -0.2) is 8.42 Å². The average molecular weight is 326 g/mol. The molecule has 0 radical (unpaired) electrons. The Morgan fingerprint density at radius 3 is 2.68 bits per heavy atom. The van der Waals surface area contributed by atoms with E-state index in [4.69, 9.17) is 23.2 Å². The summed E-state index contributed by atoms with van der Waals surface area (Å²) < 4.78 is 26.1. The number of phenols is 1. The second kappa shape index (κ2) is 5.46. The Hall–Kier alpha value is -0.530. The molecule has 1 aromatic carbocycles. The second-order valence-corrected chi connectivity index (χ2v) is 7.03. The second-order valence-electron chi connectivity index (χ2n) is 4.33. The Labute approximate surface area is 121 Å². The van der Waals surface area contributed by atoms with Gasteiger partial charge in [-0.05, 0) is 25.0 Å². The van der Waals surface area contributed by atoms with Crippen molar-refractivity contribution >= 4 is 33.2 Å². The molecule has 5 nitrogen and oxygen atoms in total. The van der Waals surface area contributed by atoms with E-state index in [9.17, 15) is 18.6 Å². The van der Waals surface area contributed by atoms with Crippen LogP contribution in [-0.4, -0.2) is 42.1 Å². The van der Waals surface area contributed by atoms with Crippen LogP contribution in [-0.2, 0) is 10.0 Å². The Morgan fingerprint density at radius 2 is 2.05 bits per heavy atom. The van der Waals surface area contributed by atoms with Crippen molar-refractivity contribution in [1.29, 1.82) is 0 Å². The molecule has 0 spiro atoms. The molecule has 0 bridgehead atoms. The first kappa shape index (κ1) is 14.9. The van der Waals surface area contributed by atoms with Gasteiger partial charge in [0.15, 0.2) is 5.75 Å². The number of aliphatic hydroxyl groups excluding tert-OH is 1. The number of sulfonamides is 1. The number of hydrogen-bond donors (Lipinski definition) is 2. The SMILES string of the molecule is O=S(=O)(c1cc(Cl)cc(Cl)c1O)N1CCC[C@H]1CO. The van der Waals surface area contributed by atoms with Gasteiger partial charge >= 0.3 is 0 Å². The largest absolute Gasteiger partial charge is 0.505 e. The van der Waals surface area contributed by atoms with Gasteiger partial charge in [-0.15, -0.1) is 0 Å². The lowest BCUT2D eigenvalue weighted by molar-refractivity contribution is 0.213. The molecular formula is C11H13Cl2NO4S. The van der Waals surface area contributed by atoms with Crippen molar-refractivity contribution in [3.63, 3.8) is 0 Å². The molecule has 0 amide bonds. The minimum atomic E-state index is -3.92. The van der Waals surface area contributed by atoms with E-state index in [0.717, 1.165) is 6.07 Å². The summed E-state index contributed by atoms with van der Waals surface area (Å²) in [5.41, 5.74) is 0. The van der Waals surface area contributed by atoms with Crippen molar-refractivity contribution in [2.75, 3.05) is 13.2 Å². The molecule has 1 aliphatic heterocycles. The predicted molar refractivity (Wildman–Crippen MR) is 72.1 cm³/mol.